The van der Waals surface area contributed by atoms with E-state index in [0.717, 1.165) is 37.9 Å². The van der Waals surface area contributed by atoms with E-state index >= 15 is 0 Å². The van der Waals surface area contributed by atoms with Crippen LogP contribution in [-0.2, 0) is 23.1 Å². The van der Waals surface area contributed by atoms with Crippen molar-refractivity contribution in [3.8, 4) is 0 Å². The quantitative estimate of drug-likeness (QED) is 0.145. The predicted octanol–water partition coefficient (Wildman–Crippen LogP) is 8.30. The first-order valence-electron chi connectivity index (χ1n) is 18.6. The van der Waals surface area contributed by atoms with Crippen molar-refractivity contribution in [1.29, 1.82) is 0 Å². The smallest absolute Gasteiger partial charge is 0.261 e. The highest BCUT2D eigenvalue weighted by atomic mass is 28.4. The van der Waals surface area contributed by atoms with Crippen LogP contribution in [0.5, 0.6) is 0 Å². The molecule has 7 nitrogen and oxygen atoms in total. The van der Waals surface area contributed by atoms with Gasteiger partial charge in [0.15, 0.2) is 14.1 Å². The maximum absolute atomic E-state index is 7.49. The maximum Gasteiger partial charge on any atom is 0.261 e. The SMILES string of the molecule is COC[C@H]1CCCN1/N=C1\COC(C)(C)O[C@@H]1CC/C(C)=C(\CO[Si](C)(C)C(C)(C)C)CO[Si](c1ccccc1)(c1ccccc1)C(C)(C)C. The predicted molar refractivity (Wildman–Crippen MR) is 213 cm³/mol. The molecule has 2 fully saturated rings. The Kier molecular flexibility index (Phi) is 13.6. The summed E-state index contributed by atoms with van der Waals surface area (Å²) >= 11 is 0. The Bertz CT molecular complexity index is 1390. The summed E-state index contributed by atoms with van der Waals surface area (Å²) in [7, 11) is -3.01. The second kappa shape index (κ2) is 16.7. The zero-order valence-electron chi connectivity index (χ0n) is 33.2. The lowest BCUT2D eigenvalue weighted by molar-refractivity contribution is -0.235. The Morgan fingerprint density at radius 2 is 1.48 bits per heavy atom. The van der Waals surface area contributed by atoms with E-state index in [1.54, 1.807) is 7.11 Å². The lowest BCUT2D eigenvalue weighted by Gasteiger charge is -2.43. The monoisotopic (exact) mass is 722 g/mol. The van der Waals surface area contributed by atoms with Crippen LogP contribution in [0.25, 0.3) is 0 Å². The summed E-state index contributed by atoms with van der Waals surface area (Å²) in [6.45, 7) is 28.0. The zero-order valence-corrected chi connectivity index (χ0v) is 35.2. The summed E-state index contributed by atoms with van der Waals surface area (Å²) in [6.07, 6.45) is 3.73. The maximum atomic E-state index is 7.49. The van der Waals surface area contributed by atoms with Crippen LogP contribution >= 0.6 is 0 Å². The first kappa shape index (κ1) is 40.7. The van der Waals surface area contributed by atoms with Crippen molar-refractivity contribution < 1.29 is 23.1 Å². The minimum absolute atomic E-state index is 0.105. The Labute approximate surface area is 306 Å². The molecule has 0 radical (unpaired) electrons. The van der Waals surface area contributed by atoms with E-state index in [0.29, 0.717) is 32.5 Å². The normalized spacial score (nSPS) is 21.8. The summed E-state index contributed by atoms with van der Waals surface area (Å²) in [5, 5.41) is 9.88. The van der Waals surface area contributed by atoms with Gasteiger partial charge in [-0.25, -0.2) is 0 Å². The molecule has 278 valence electrons. The molecule has 0 amide bonds. The van der Waals surface area contributed by atoms with Crippen molar-refractivity contribution in [2.75, 3.05) is 40.1 Å². The number of benzene rings is 2. The first-order valence-corrected chi connectivity index (χ1v) is 23.4. The highest BCUT2D eigenvalue weighted by Gasteiger charge is 2.50. The number of hydrazone groups is 1. The fourth-order valence-corrected chi connectivity index (χ4v) is 12.4. The van der Waals surface area contributed by atoms with Crippen LogP contribution in [0.4, 0.5) is 0 Å². The van der Waals surface area contributed by atoms with Crippen LogP contribution in [0.3, 0.4) is 0 Å². The molecule has 50 heavy (non-hydrogen) atoms. The largest absolute Gasteiger partial charge is 0.413 e. The second-order valence-electron chi connectivity index (χ2n) is 17.2. The van der Waals surface area contributed by atoms with Crippen molar-refractivity contribution in [2.45, 2.75) is 129 Å². The molecule has 2 atom stereocenters. The summed E-state index contributed by atoms with van der Waals surface area (Å²) in [4.78, 5) is 0. The summed E-state index contributed by atoms with van der Waals surface area (Å²) in [5.74, 6) is -0.668. The average molecular weight is 723 g/mol. The lowest BCUT2D eigenvalue weighted by atomic mass is 10.0. The van der Waals surface area contributed by atoms with Crippen LogP contribution < -0.4 is 10.4 Å². The van der Waals surface area contributed by atoms with Gasteiger partial charge in [0, 0.05) is 13.7 Å². The van der Waals surface area contributed by atoms with Crippen molar-refractivity contribution in [1.82, 2.24) is 5.01 Å². The molecule has 0 unspecified atom stereocenters. The number of hydrogen-bond donors (Lipinski definition) is 0. The van der Waals surface area contributed by atoms with Crippen LogP contribution in [0.1, 0.15) is 88.0 Å². The molecule has 2 aromatic rings. The summed E-state index contributed by atoms with van der Waals surface area (Å²) in [6, 6.07) is 22.1. The number of methoxy groups -OCH3 is 1. The number of nitrogens with zero attached hydrogens (tertiary/aromatic N) is 2. The number of hydrogen-bond acceptors (Lipinski definition) is 7. The third kappa shape index (κ3) is 9.85. The highest BCUT2D eigenvalue weighted by Crippen LogP contribution is 2.39. The number of ether oxygens (including phenoxy) is 3. The van der Waals surface area contributed by atoms with E-state index in [1.807, 2.05) is 13.8 Å². The standard InChI is InChI=1S/C41H66N2O5Si2/c1-32(25-26-38-37(31-45-41(8,9)48-38)42-43-27-19-20-34(43)30-44-10)33(28-46-49(11,12)39(2,3)4)29-47-50(40(5,6)7,35-21-15-13-16-22-35)36-23-17-14-18-24-36/h13-18,21-24,34,38H,19-20,25-31H2,1-12H3/b33-32+,42-37+/t34-,38-/m1/s1. The molecule has 2 saturated heterocycles. The molecule has 2 aromatic carbocycles. The van der Waals surface area contributed by atoms with Gasteiger partial charge in [0.1, 0.15) is 6.10 Å². The zero-order chi connectivity index (χ0) is 36.8. The topological polar surface area (TPSA) is 61.8 Å². The van der Waals surface area contributed by atoms with Gasteiger partial charge in [0.2, 0.25) is 0 Å². The van der Waals surface area contributed by atoms with E-state index in [-0.39, 0.29) is 16.2 Å². The van der Waals surface area contributed by atoms with Crippen molar-refractivity contribution in [2.24, 2.45) is 5.10 Å². The fraction of sp³-hybridized carbons (Fsp3) is 0.634. The van der Waals surface area contributed by atoms with Crippen molar-refractivity contribution >= 4 is 32.7 Å². The van der Waals surface area contributed by atoms with E-state index in [1.165, 1.54) is 21.5 Å². The van der Waals surface area contributed by atoms with E-state index in [9.17, 15) is 0 Å². The fourth-order valence-electron chi connectivity index (χ4n) is 6.84. The van der Waals surface area contributed by atoms with Gasteiger partial charge >= 0.3 is 0 Å². The van der Waals surface area contributed by atoms with Gasteiger partial charge < -0.3 is 23.1 Å². The van der Waals surface area contributed by atoms with Crippen LogP contribution in [0.15, 0.2) is 76.9 Å². The summed E-state index contributed by atoms with van der Waals surface area (Å²) < 4.78 is 32.6. The van der Waals surface area contributed by atoms with Gasteiger partial charge in [-0.2, -0.15) is 5.10 Å². The minimum Gasteiger partial charge on any atom is -0.413 e. The molecular weight excluding hydrogens is 657 g/mol. The van der Waals surface area contributed by atoms with Crippen molar-refractivity contribution in [3.05, 3.63) is 71.8 Å². The van der Waals surface area contributed by atoms with Gasteiger partial charge in [0.05, 0.1) is 38.2 Å². The van der Waals surface area contributed by atoms with Gasteiger partial charge in [-0.05, 0) is 85.6 Å². The Morgan fingerprint density at radius 3 is 2.02 bits per heavy atom. The van der Waals surface area contributed by atoms with E-state index in [2.05, 4.69) is 127 Å². The second-order valence-corrected chi connectivity index (χ2v) is 26.3. The van der Waals surface area contributed by atoms with E-state index in [4.69, 9.17) is 28.2 Å². The molecule has 0 N–H and O–H groups in total. The third-order valence-corrected chi connectivity index (χ3v) is 20.5. The molecule has 0 bridgehead atoms. The van der Waals surface area contributed by atoms with Crippen LogP contribution in [0, 0.1) is 0 Å². The molecular formula is C41H66N2O5Si2. The Morgan fingerprint density at radius 1 is 0.900 bits per heavy atom. The Balaban J connectivity index is 1.68. The summed E-state index contributed by atoms with van der Waals surface area (Å²) in [5.41, 5.74) is 3.49. The molecule has 2 heterocycles. The molecule has 0 aliphatic carbocycles. The third-order valence-electron chi connectivity index (χ3n) is 11.0. The van der Waals surface area contributed by atoms with Crippen LogP contribution in [0.2, 0.25) is 23.2 Å². The number of rotatable bonds is 14. The van der Waals surface area contributed by atoms with Crippen LogP contribution in [-0.4, -0.2) is 85.4 Å². The van der Waals surface area contributed by atoms with Gasteiger partial charge in [-0.1, -0.05) is 108 Å². The highest BCUT2D eigenvalue weighted by molar-refractivity contribution is 6.99. The minimum atomic E-state index is -2.74. The average Bonchev–Trinajstić information content (AvgIpc) is 3.48. The molecule has 2 aliphatic heterocycles. The molecule has 9 heteroatoms. The molecule has 0 saturated carbocycles. The first-order chi connectivity index (χ1) is 23.4. The van der Waals surface area contributed by atoms with Gasteiger partial charge in [-0.15, -0.1) is 0 Å². The molecule has 2 aliphatic rings. The molecule has 0 aromatic heterocycles. The lowest BCUT2D eigenvalue weighted by Crippen LogP contribution is -2.66. The Hall–Kier alpha value is -2.12. The van der Waals surface area contributed by atoms with E-state index < -0.39 is 22.4 Å². The molecule has 0 spiro atoms. The van der Waals surface area contributed by atoms with Crippen molar-refractivity contribution in [3.63, 3.8) is 0 Å². The molecule has 4 rings (SSSR count). The van der Waals surface area contributed by atoms with Gasteiger partial charge in [0.25, 0.3) is 8.32 Å². The number of allylic oxidation sites excluding steroid dienone is 1. The van der Waals surface area contributed by atoms with Gasteiger partial charge in [-0.3, -0.25) is 5.01 Å².